The Morgan fingerprint density at radius 2 is 1.40 bits per heavy atom. The van der Waals surface area contributed by atoms with E-state index in [1.54, 1.807) is 0 Å². The monoisotopic (exact) mass is 188 g/mol. The second kappa shape index (κ2) is 4.31. The number of aromatic hydroxyl groups is 1. The van der Waals surface area contributed by atoms with Gasteiger partial charge in [-0.3, -0.25) is 0 Å². The molecule has 49 valence electrons. The van der Waals surface area contributed by atoms with Gasteiger partial charge >= 0.3 is 6.01 Å². The topological polar surface area (TPSA) is 58.9 Å². The molecule has 0 unspecified atom stereocenters. The molecule has 1 N–H and O–H groups in total. The molecule has 0 atom stereocenters. The Kier molecular flexibility index (Phi) is 4.47. The molecule has 1 heterocycles. The molecule has 1 aromatic heterocycles. The van der Waals surface area contributed by atoms with E-state index in [0.29, 0.717) is 0 Å². The van der Waals surface area contributed by atoms with E-state index >= 15 is 0 Å². The van der Waals surface area contributed by atoms with Crippen LogP contribution in [-0.4, -0.2) is 49.6 Å². The van der Waals surface area contributed by atoms with Crippen LogP contribution < -0.4 is 0 Å². The molecule has 0 aliphatic carbocycles. The van der Waals surface area contributed by atoms with Crippen LogP contribution in [0.1, 0.15) is 0 Å². The summed E-state index contributed by atoms with van der Waals surface area (Å²) in [5, 5.41) is 8.33. The minimum Gasteiger partial charge on any atom is -0.479 e. The molecule has 7 heteroatoms. The molecular weight excluding hydrogens is 188 g/mol. The number of aromatic nitrogens is 3. The molecular formula is C3HCl2N3NaO. The van der Waals surface area contributed by atoms with Crippen LogP contribution in [0, 0.1) is 0 Å². The van der Waals surface area contributed by atoms with Crippen LogP contribution in [0.25, 0.3) is 0 Å². The van der Waals surface area contributed by atoms with E-state index in [1.807, 2.05) is 0 Å². The van der Waals surface area contributed by atoms with E-state index in [2.05, 4.69) is 15.0 Å². The van der Waals surface area contributed by atoms with Gasteiger partial charge in [-0.15, -0.1) is 0 Å². The second-order valence-corrected chi connectivity index (χ2v) is 1.85. The van der Waals surface area contributed by atoms with Gasteiger partial charge in [-0.2, -0.15) is 15.0 Å². The molecule has 0 aliphatic rings. The minimum atomic E-state index is -0.472. The third-order valence-corrected chi connectivity index (χ3v) is 0.907. The summed E-state index contributed by atoms with van der Waals surface area (Å²) in [6, 6.07) is -0.472. The summed E-state index contributed by atoms with van der Waals surface area (Å²) < 4.78 is 0. The van der Waals surface area contributed by atoms with Crippen LogP contribution in [0.5, 0.6) is 6.01 Å². The molecule has 1 aromatic rings. The SMILES string of the molecule is Oc1nc(Cl)nc(Cl)n1.[Na]. The Bertz CT molecular complexity index is 183. The first kappa shape index (κ1) is 10.4. The van der Waals surface area contributed by atoms with Gasteiger partial charge < -0.3 is 5.11 Å². The molecule has 0 aliphatic heterocycles. The third kappa shape index (κ3) is 2.98. The molecule has 0 saturated carbocycles. The van der Waals surface area contributed by atoms with Crippen molar-refractivity contribution < 1.29 is 5.11 Å². The molecule has 0 spiro atoms. The number of halogens is 2. The van der Waals surface area contributed by atoms with Crippen molar-refractivity contribution in [2.45, 2.75) is 0 Å². The fourth-order valence-electron chi connectivity index (χ4n) is 0.316. The summed E-state index contributed by atoms with van der Waals surface area (Å²) in [6.07, 6.45) is 0. The fourth-order valence-corrected chi connectivity index (χ4v) is 0.671. The molecule has 1 rings (SSSR count). The second-order valence-electron chi connectivity index (χ2n) is 1.17. The van der Waals surface area contributed by atoms with Gasteiger partial charge in [0.05, 0.1) is 0 Å². The Labute approximate surface area is 88.9 Å². The first-order chi connectivity index (χ1) is 4.18. The first-order valence-corrected chi connectivity index (χ1v) is 2.70. The molecule has 10 heavy (non-hydrogen) atoms. The predicted octanol–water partition coefficient (Wildman–Crippen LogP) is 0.503. The fraction of sp³-hybridized carbons (Fsp3) is 0. The molecule has 0 bridgehead atoms. The predicted molar refractivity (Wildman–Crippen MR) is 37.3 cm³/mol. The zero-order valence-electron chi connectivity index (χ0n) is 5.04. The van der Waals surface area contributed by atoms with Gasteiger partial charge in [0.15, 0.2) is 0 Å². The normalized spacial score (nSPS) is 8.60. The number of rotatable bonds is 0. The minimum absolute atomic E-state index is 0. The van der Waals surface area contributed by atoms with Crippen molar-refractivity contribution in [3.05, 3.63) is 10.6 Å². The maximum absolute atomic E-state index is 8.56. The smallest absolute Gasteiger partial charge is 0.319 e. The van der Waals surface area contributed by atoms with E-state index < -0.39 is 6.01 Å². The van der Waals surface area contributed by atoms with Crippen molar-refractivity contribution in [2.75, 3.05) is 0 Å². The van der Waals surface area contributed by atoms with Crippen molar-refractivity contribution in [3.63, 3.8) is 0 Å². The van der Waals surface area contributed by atoms with Crippen molar-refractivity contribution in [2.24, 2.45) is 0 Å². The summed E-state index contributed by atoms with van der Waals surface area (Å²) in [4.78, 5) is 9.88. The average Bonchev–Trinajstić information content (AvgIpc) is 1.59. The van der Waals surface area contributed by atoms with Crippen molar-refractivity contribution >= 4 is 52.8 Å². The Balaban J connectivity index is 0.000000810. The van der Waals surface area contributed by atoms with Gasteiger partial charge in [-0.25, -0.2) is 0 Å². The summed E-state index contributed by atoms with van der Waals surface area (Å²) in [6.45, 7) is 0. The van der Waals surface area contributed by atoms with Crippen molar-refractivity contribution in [3.8, 4) is 6.01 Å². The zero-order valence-corrected chi connectivity index (χ0v) is 8.56. The number of hydrogen-bond donors (Lipinski definition) is 1. The molecule has 0 aromatic carbocycles. The van der Waals surface area contributed by atoms with Crippen molar-refractivity contribution in [1.29, 1.82) is 0 Å². The Hall–Kier alpha value is 0.390. The van der Waals surface area contributed by atoms with Crippen LogP contribution >= 0.6 is 23.2 Å². The van der Waals surface area contributed by atoms with Crippen LogP contribution in [0.4, 0.5) is 0 Å². The van der Waals surface area contributed by atoms with E-state index in [-0.39, 0.29) is 40.1 Å². The molecule has 0 amide bonds. The summed E-state index contributed by atoms with van der Waals surface area (Å²) in [5.74, 6) is 0. The van der Waals surface area contributed by atoms with Crippen molar-refractivity contribution in [1.82, 2.24) is 15.0 Å². The van der Waals surface area contributed by atoms with Gasteiger partial charge in [0, 0.05) is 29.6 Å². The summed E-state index contributed by atoms with van der Waals surface area (Å²) in [7, 11) is 0. The number of hydrogen-bond acceptors (Lipinski definition) is 4. The Morgan fingerprint density at radius 1 is 1.00 bits per heavy atom. The van der Waals surface area contributed by atoms with Gasteiger partial charge in [0.2, 0.25) is 10.6 Å². The maximum atomic E-state index is 8.56. The van der Waals surface area contributed by atoms with E-state index in [9.17, 15) is 0 Å². The van der Waals surface area contributed by atoms with Crippen LogP contribution in [0.3, 0.4) is 0 Å². The maximum Gasteiger partial charge on any atom is 0.319 e. The largest absolute Gasteiger partial charge is 0.479 e. The third-order valence-electron chi connectivity index (χ3n) is 0.569. The quantitative estimate of drug-likeness (QED) is 0.603. The van der Waals surface area contributed by atoms with Crippen LogP contribution in [0.15, 0.2) is 0 Å². The summed E-state index contributed by atoms with van der Waals surface area (Å²) in [5.41, 5.74) is 0. The van der Waals surface area contributed by atoms with Crippen LogP contribution in [-0.2, 0) is 0 Å². The molecule has 0 fully saturated rings. The van der Waals surface area contributed by atoms with E-state index in [0.717, 1.165) is 0 Å². The molecule has 0 saturated heterocycles. The average molecular weight is 189 g/mol. The van der Waals surface area contributed by atoms with E-state index in [4.69, 9.17) is 28.3 Å². The van der Waals surface area contributed by atoms with Gasteiger partial charge in [0.1, 0.15) is 0 Å². The number of nitrogens with zero attached hydrogens (tertiary/aromatic N) is 3. The Morgan fingerprint density at radius 3 is 1.70 bits per heavy atom. The van der Waals surface area contributed by atoms with E-state index in [1.165, 1.54) is 0 Å². The molecule has 1 radical (unpaired) electrons. The first-order valence-electron chi connectivity index (χ1n) is 1.94. The van der Waals surface area contributed by atoms with Gasteiger partial charge in [-0.1, -0.05) is 0 Å². The zero-order chi connectivity index (χ0) is 6.85. The molecule has 4 nitrogen and oxygen atoms in total. The summed E-state index contributed by atoms with van der Waals surface area (Å²) >= 11 is 10.5. The standard InChI is InChI=1S/C3HCl2N3O.Na/c4-1-6-2(5)8-3(9)7-1;/h(H,6,7,8,9);. The van der Waals surface area contributed by atoms with Gasteiger partial charge in [0.25, 0.3) is 0 Å². The van der Waals surface area contributed by atoms with Crippen LogP contribution in [0.2, 0.25) is 10.6 Å². The van der Waals surface area contributed by atoms with Gasteiger partial charge in [-0.05, 0) is 23.2 Å².